The lowest BCUT2D eigenvalue weighted by atomic mass is 9.99. The fraction of sp³-hybridized carbons (Fsp3) is 0.583. The second kappa shape index (κ2) is 4.97. The number of carbonyl (C=O) groups excluding carboxylic acids is 1. The minimum absolute atomic E-state index is 0.379. The van der Waals surface area contributed by atoms with Gasteiger partial charge in [-0.05, 0) is 37.3 Å². The van der Waals surface area contributed by atoms with E-state index in [0.29, 0.717) is 6.42 Å². The third-order valence-corrected chi connectivity index (χ3v) is 4.17. The van der Waals surface area contributed by atoms with Crippen LogP contribution < -0.4 is 0 Å². The van der Waals surface area contributed by atoms with Crippen LogP contribution in [-0.4, -0.2) is 24.3 Å². The molecule has 0 amide bonds. The lowest BCUT2D eigenvalue weighted by molar-refractivity contribution is -0.150. The molecule has 0 saturated carbocycles. The molecule has 16 heavy (non-hydrogen) atoms. The number of ether oxygens (including phenoxy) is 1. The third-order valence-electron chi connectivity index (χ3n) is 2.92. The summed E-state index contributed by atoms with van der Waals surface area (Å²) < 4.78 is 4.50. The summed E-state index contributed by atoms with van der Waals surface area (Å²) >= 11 is 1.72. The summed E-state index contributed by atoms with van der Waals surface area (Å²) in [6.07, 6.45) is 4.15. The Morgan fingerprint density at radius 3 is 3.00 bits per heavy atom. The van der Waals surface area contributed by atoms with Gasteiger partial charge in [-0.2, -0.15) is 0 Å². The normalized spacial score (nSPS) is 16.6. The molecular formula is C12H16O3S. The highest BCUT2D eigenvalue weighted by atomic mass is 32.1. The number of methoxy groups -OCH3 is 1. The monoisotopic (exact) mass is 240 g/mol. The SMILES string of the molecule is COC(=O)C(O)Cc1cc2c(s1)CCCC2. The Labute approximate surface area is 99.1 Å². The van der Waals surface area contributed by atoms with Gasteiger partial charge < -0.3 is 9.84 Å². The number of aliphatic hydroxyl groups is 1. The summed E-state index contributed by atoms with van der Waals surface area (Å²) in [5.74, 6) is -0.550. The fourth-order valence-corrected chi connectivity index (χ4v) is 3.36. The smallest absolute Gasteiger partial charge is 0.335 e. The number of hydrogen-bond acceptors (Lipinski definition) is 4. The quantitative estimate of drug-likeness (QED) is 0.818. The molecule has 0 saturated heterocycles. The van der Waals surface area contributed by atoms with Crippen molar-refractivity contribution in [3.8, 4) is 0 Å². The van der Waals surface area contributed by atoms with Crippen LogP contribution >= 0.6 is 11.3 Å². The van der Waals surface area contributed by atoms with Crippen molar-refractivity contribution in [2.75, 3.05) is 7.11 Å². The van der Waals surface area contributed by atoms with Crippen molar-refractivity contribution in [1.82, 2.24) is 0 Å². The zero-order chi connectivity index (χ0) is 11.5. The Morgan fingerprint density at radius 1 is 1.56 bits per heavy atom. The van der Waals surface area contributed by atoms with E-state index in [2.05, 4.69) is 10.8 Å². The predicted molar refractivity (Wildman–Crippen MR) is 62.7 cm³/mol. The molecule has 1 heterocycles. The number of esters is 1. The number of thiophene rings is 1. The average molecular weight is 240 g/mol. The minimum Gasteiger partial charge on any atom is -0.467 e. The molecule has 4 heteroatoms. The van der Waals surface area contributed by atoms with E-state index in [4.69, 9.17) is 0 Å². The van der Waals surface area contributed by atoms with Gasteiger partial charge in [0.25, 0.3) is 0 Å². The van der Waals surface area contributed by atoms with Gasteiger partial charge in [0.05, 0.1) is 7.11 Å². The molecule has 1 aliphatic carbocycles. The van der Waals surface area contributed by atoms with Crippen molar-refractivity contribution in [2.24, 2.45) is 0 Å². The Kier molecular flexibility index (Phi) is 3.61. The van der Waals surface area contributed by atoms with E-state index in [-0.39, 0.29) is 0 Å². The van der Waals surface area contributed by atoms with Crippen LogP contribution in [0.4, 0.5) is 0 Å². The van der Waals surface area contributed by atoms with Gasteiger partial charge in [-0.3, -0.25) is 0 Å². The maximum absolute atomic E-state index is 11.1. The van der Waals surface area contributed by atoms with Gasteiger partial charge >= 0.3 is 5.97 Å². The molecule has 1 aliphatic rings. The third kappa shape index (κ3) is 2.44. The van der Waals surface area contributed by atoms with Crippen LogP contribution in [-0.2, 0) is 28.8 Å². The van der Waals surface area contributed by atoms with E-state index in [0.717, 1.165) is 17.7 Å². The van der Waals surface area contributed by atoms with Crippen molar-refractivity contribution in [1.29, 1.82) is 0 Å². The van der Waals surface area contributed by atoms with E-state index in [9.17, 15) is 9.90 Å². The molecule has 0 radical (unpaired) electrons. The minimum atomic E-state index is -1.02. The van der Waals surface area contributed by atoms with Gasteiger partial charge in [0.2, 0.25) is 0 Å². The average Bonchev–Trinajstić information content (AvgIpc) is 2.69. The van der Waals surface area contributed by atoms with Crippen LogP contribution in [0.2, 0.25) is 0 Å². The first-order valence-electron chi connectivity index (χ1n) is 5.57. The lowest BCUT2D eigenvalue weighted by Crippen LogP contribution is -2.23. The molecule has 0 aromatic carbocycles. The number of rotatable bonds is 3. The van der Waals surface area contributed by atoms with Gasteiger partial charge in [0, 0.05) is 16.2 Å². The van der Waals surface area contributed by atoms with Crippen molar-refractivity contribution in [3.63, 3.8) is 0 Å². The Bertz CT molecular complexity index is 360. The largest absolute Gasteiger partial charge is 0.467 e. The summed E-state index contributed by atoms with van der Waals surface area (Å²) in [5.41, 5.74) is 1.41. The van der Waals surface area contributed by atoms with Crippen LogP contribution in [0, 0.1) is 0 Å². The molecular weight excluding hydrogens is 224 g/mol. The van der Waals surface area contributed by atoms with Gasteiger partial charge in [-0.1, -0.05) is 0 Å². The molecule has 0 aliphatic heterocycles. The second-order valence-electron chi connectivity index (χ2n) is 4.11. The van der Waals surface area contributed by atoms with Gasteiger partial charge in [0.15, 0.2) is 6.10 Å². The van der Waals surface area contributed by atoms with Gasteiger partial charge in [-0.25, -0.2) is 4.79 Å². The molecule has 1 N–H and O–H groups in total. The molecule has 0 spiro atoms. The number of aryl methyl sites for hydroxylation is 2. The maximum Gasteiger partial charge on any atom is 0.335 e. The summed E-state index contributed by atoms with van der Waals surface area (Å²) in [4.78, 5) is 13.6. The summed E-state index contributed by atoms with van der Waals surface area (Å²) in [6.45, 7) is 0. The van der Waals surface area contributed by atoms with Gasteiger partial charge in [-0.15, -0.1) is 11.3 Å². The van der Waals surface area contributed by atoms with E-state index < -0.39 is 12.1 Å². The summed E-state index contributed by atoms with van der Waals surface area (Å²) in [6, 6.07) is 2.13. The van der Waals surface area contributed by atoms with Crippen LogP contribution in [0.15, 0.2) is 6.07 Å². The summed E-state index contributed by atoms with van der Waals surface area (Å²) in [5, 5.41) is 9.56. The molecule has 88 valence electrons. The Hall–Kier alpha value is -0.870. The van der Waals surface area contributed by atoms with E-state index >= 15 is 0 Å². The Balaban J connectivity index is 2.04. The highest BCUT2D eigenvalue weighted by Crippen LogP contribution is 2.30. The topological polar surface area (TPSA) is 46.5 Å². The molecule has 1 aromatic heterocycles. The highest BCUT2D eigenvalue weighted by molar-refractivity contribution is 7.12. The summed E-state index contributed by atoms with van der Waals surface area (Å²) in [7, 11) is 1.30. The first-order valence-corrected chi connectivity index (χ1v) is 6.38. The lowest BCUT2D eigenvalue weighted by Gasteiger charge is -2.08. The molecule has 0 bridgehead atoms. The molecule has 0 fully saturated rings. The number of fused-ring (bicyclic) bond motifs is 1. The van der Waals surface area contributed by atoms with Crippen LogP contribution in [0.1, 0.15) is 28.2 Å². The number of hydrogen-bond donors (Lipinski definition) is 1. The van der Waals surface area contributed by atoms with Crippen molar-refractivity contribution in [2.45, 2.75) is 38.2 Å². The standard InChI is InChI=1S/C12H16O3S/c1-15-12(14)10(13)7-9-6-8-4-2-3-5-11(8)16-9/h6,10,13H,2-5,7H2,1H3. The van der Waals surface area contributed by atoms with Crippen molar-refractivity contribution < 1.29 is 14.6 Å². The number of carbonyl (C=O) groups is 1. The first-order chi connectivity index (χ1) is 7.70. The van der Waals surface area contributed by atoms with Crippen LogP contribution in [0.5, 0.6) is 0 Å². The van der Waals surface area contributed by atoms with Crippen molar-refractivity contribution in [3.05, 3.63) is 21.4 Å². The molecule has 1 aromatic rings. The zero-order valence-electron chi connectivity index (χ0n) is 9.36. The predicted octanol–water partition coefficient (Wildman–Crippen LogP) is 1.70. The zero-order valence-corrected chi connectivity index (χ0v) is 10.2. The van der Waals surface area contributed by atoms with Crippen LogP contribution in [0.3, 0.4) is 0 Å². The van der Waals surface area contributed by atoms with E-state index in [1.807, 2.05) is 0 Å². The molecule has 1 unspecified atom stereocenters. The van der Waals surface area contributed by atoms with E-state index in [1.165, 1.54) is 30.4 Å². The van der Waals surface area contributed by atoms with Gasteiger partial charge in [0.1, 0.15) is 0 Å². The first kappa shape index (κ1) is 11.6. The molecule has 3 nitrogen and oxygen atoms in total. The molecule has 1 atom stereocenters. The molecule has 2 rings (SSSR count). The highest BCUT2D eigenvalue weighted by Gasteiger charge is 2.19. The van der Waals surface area contributed by atoms with Crippen LogP contribution in [0.25, 0.3) is 0 Å². The van der Waals surface area contributed by atoms with E-state index in [1.54, 1.807) is 11.3 Å². The second-order valence-corrected chi connectivity index (χ2v) is 5.33. The Morgan fingerprint density at radius 2 is 2.31 bits per heavy atom. The van der Waals surface area contributed by atoms with Crippen molar-refractivity contribution >= 4 is 17.3 Å². The number of aliphatic hydroxyl groups excluding tert-OH is 1. The fourth-order valence-electron chi connectivity index (χ4n) is 2.06. The maximum atomic E-state index is 11.1.